The van der Waals surface area contributed by atoms with E-state index in [1.54, 1.807) is 0 Å². The Kier molecular flexibility index (Phi) is 8.00. The Hall–Kier alpha value is -6.90. The largest absolute Gasteiger partial charge is 0.455 e. The van der Waals surface area contributed by atoms with Gasteiger partial charge in [0.2, 0.25) is 0 Å². The van der Waals surface area contributed by atoms with E-state index >= 15 is 0 Å². The highest BCUT2D eigenvalue weighted by molar-refractivity contribution is 6.20. The minimum atomic E-state index is 0.0822. The molecule has 0 N–H and O–H groups in total. The zero-order chi connectivity index (χ0) is 35.8. The Bertz CT molecular complexity index is 2820. The lowest BCUT2D eigenvalue weighted by molar-refractivity contribution is 0.672. The molecule has 9 aromatic rings. The molecule has 1 heterocycles. The summed E-state index contributed by atoms with van der Waals surface area (Å²) >= 11 is 0. The van der Waals surface area contributed by atoms with E-state index in [4.69, 9.17) is 4.42 Å². The standard InChI is InChI=1S/C52H37NO/c1-5-15-36(16-6-1)38-25-29-42(30-26-38)53(43-31-27-39(28-32-43)37-17-7-2-8-18-37)50-34-48-49-33-46(40-19-9-3-10-20-40)44-23-13-14-24-45(44)52(49)54-51(48)35-47(50)41-21-11-4-12-22-41/h1-31,33-35,43H,32H2. The van der Waals surface area contributed by atoms with Gasteiger partial charge in [-0.2, -0.15) is 0 Å². The maximum Gasteiger partial charge on any atom is 0.143 e. The molecule has 54 heavy (non-hydrogen) atoms. The lowest BCUT2D eigenvalue weighted by atomic mass is 9.93. The first-order chi connectivity index (χ1) is 26.8. The first-order valence-corrected chi connectivity index (χ1v) is 18.7. The topological polar surface area (TPSA) is 16.4 Å². The lowest BCUT2D eigenvalue weighted by Gasteiger charge is -2.35. The Morgan fingerprint density at radius 2 is 1.00 bits per heavy atom. The number of hydrogen-bond acceptors (Lipinski definition) is 2. The molecule has 0 radical (unpaired) electrons. The van der Waals surface area contributed by atoms with Crippen LogP contribution in [0.1, 0.15) is 12.0 Å². The Balaban J connectivity index is 1.21. The average Bonchev–Trinajstić information content (AvgIpc) is 3.62. The summed E-state index contributed by atoms with van der Waals surface area (Å²) in [6.45, 7) is 0. The summed E-state index contributed by atoms with van der Waals surface area (Å²) in [7, 11) is 0. The number of benzene rings is 8. The second kappa shape index (κ2) is 13.6. The van der Waals surface area contributed by atoms with Crippen LogP contribution in [0.2, 0.25) is 0 Å². The quantitative estimate of drug-likeness (QED) is 0.165. The third-order valence-corrected chi connectivity index (χ3v) is 10.8. The van der Waals surface area contributed by atoms with Gasteiger partial charge >= 0.3 is 0 Å². The van der Waals surface area contributed by atoms with E-state index in [-0.39, 0.29) is 6.04 Å². The molecule has 10 rings (SSSR count). The second-order valence-electron chi connectivity index (χ2n) is 14.0. The van der Waals surface area contributed by atoms with Gasteiger partial charge in [0.15, 0.2) is 0 Å². The summed E-state index contributed by atoms with van der Waals surface area (Å²) in [5.74, 6) is 0. The Morgan fingerprint density at radius 3 is 1.63 bits per heavy atom. The third-order valence-electron chi connectivity index (χ3n) is 10.8. The van der Waals surface area contributed by atoms with Crippen molar-refractivity contribution >= 4 is 49.7 Å². The molecule has 2 nitrogen and oxygen atoms in total. The number of hydrogen-bond donors (Lipinski definition) is 0. The molecule has 1 aromatic heterocycles. The molecule has 0 bridgehead atoms. The minimum Gasteiger partial charge on any atom is -0.455 e. The number of nitrogens with zero attached hydrogens (tertiary/aromatic N) is 1. The summed E-state index contributed by atoms with van der Waals surface area (Å²) in [5, 5.41) is 4.53. The Morgan fingerprint density at radius 1 is 0.444 bits per heavy atom. The fraction of sp³-hybridized carbons (Fsp3) is 0.0385. The van der Waals surface area contributed by atoms with Gasteiger partial charge in [-0.25, -0.2) is 0 Å². The van der Waals surface area contributed by atoms with Crippen LogP contribution >= 0.6 is 0 Å². The van der Waals surface area contributed by atoms with Crippen LogP contribution in [0.15, 0.2) is 211 Å². The van der Waals surface area contributed by atoms with Crippen LogP contribution in [0.25, 0.3) is 71.7 Å². The first-order valence-electron chi connectivity index (χ1n) is 18.7. The van der Waals surface area contributed by atoms with E-state index < -0.39 is 0 Å². The average molecular weight is 692 g/mol. The van der Waals surface area contributed by atoms with Gasteiger partial charge in [-0.1, -0.05) is 176 Å². The summed E-state index contributed by atoms with van der Waals surface area (Å²) < 4.78 is 6.89. The fourth-order valence-corrected chi connectivity index (χ4v) is 8.14. The van der Waals surface area contributed by atoms with E-state index in [0.717, 1.165) is 56.2 Å². The van der Waals surface area contributed by atoms with Crippen molar-refractivity contribution in [2.24, 2.45) is 0 Å². The monoisotopic (exact) mass is 691 g/mol. The molecule has 2 heteroatoms. The summed E-state index contributed by atoms with van der Waals surface area (Å²) in [6, 6.07) is 67.5. The smallest absolute Gasteiger partial charge is 0.143 e. The van der Waals surface area contributed by atoms with Crippen LogP contribution in [0.3, 0.4) is 0 Å². The molecule has 1 aliphatic carbocycles. The molecular formula is C52H37NO. The molecular weight excluding hydrogens is 655 g/mol. The summed E-state index contributed by atoms with van der Waals surface area (Å²) in [5.41, 5.74) is 13.7. The van der Waals surface area contributed by atoms with E-state index in [2.05, 4.69) is 211 Å². The van der Waals surface area contributed by atoms with Crippen LogP contribution in [0.4, 0.5) is 11.4 Å². The SMILES string of the molecule is C1=CC(N(c2ccc(-c3ccccc3)cc2)c2cc3c(cc2-c2ccccc2)oc2c4ccccc4c(-c4ccccc4)cc32)CC=C1c1ccccc1. The van der Waals surface area contributed by atoms with Crippen molar-refractivity contribution in [1.29, 1.82) is 0 Å². The van der Waals surface area contributed by atoms with E-state index in [1.807, 2.05) is 0 Å². The van der Waals surface area contributed by atoms with Gasteiger partial charge in [-0.15, -0.1) is 0 Å². The molecule has 0 spiro atoms. The predicted molar refractivity (Wildman–Crippen MR) is 228 cm³/mol. The normalized spacial score (nSPS) is 14.1. The minimum absolute atomic E-state index is 0.0822. The molecule has 1 aliphatic rings. The van der Waals surface area contributed by atoms with Crippen molar-refractivity contribution in [1.82, 2.24) is 0 Å². The molecule has 0 saturated carbocycles. The number of rotatable bonds is 7. The first kappa shape index (κ1) is 31.8. The number of furan rings is 1. The maximum absolute atomic E-state index is 6.89. The number of allylic oxidation sites excluding steroid dienone is 2. The second-order valence-corrected chi connectivity index (χ2v) is 14.0. The lowest BCUT2D eigenvalue weighted by Crippen LogP contribution is -2.30. The summed E-state index contributed by atoms with van der Waals surface area (Å²) in [4.78, 5) is 2.53. The van der Waals surface area contributed by atoms with Crippen molar-refractivity contribution in [3.63, 3.8) is 0 Å². The fourth-order valence-electron chi connectivity index (χ4n) is 8.14. The zero-order valence-corrected chi connectivity index (χ0v) is 29.8. The third kappa shape index (κ3) is 5.70. The molecule has 0 saturated heterocycles. The predicted octanol–water partition coefficient (Wildman–Crippen LogP) is 14.3. The number of fused-ring (bicyclic) bond motifs is 5. The van der Waals surface area contributed by atoms with Crippen LogP contribution in [0.5, 0.6) is 0 Å². The van der Waals surface area contributed by atoms with E-state index in [0.29, 0.717) is 0 Å². The molecule has 1 atom stereocenters. The highest BCUT2D eigenvalue weighted by atomic mass is 16.3. The Labute approximate surface area is 315 Å². The van der Waals surface area contributed by atoms with Gasteiger partial charge < -0.3 is 9.32 Å². The molecule has 0 fully saturated rings. The molecule has 256 valence electrons. The van der Waals surface area contributed by atoms with Gasteiger partial charge in [0.05, 0.1) is 11.7 Å². The summed E-state index contributed by atoms with van der Waals surface area (Å²) in [6.07, 6.45) is 7.92. The van der Waals surface area contributed by atoms with Crippen molar-refractivity contribution in [3.8, 4) is 33.4 Å². The van der Waals surface area contributed by atoms with E-state index in [9.17, 15) is 0 Å². The maximum atomic E-state index is 6.89. The van der Waals surface area contributed by atoms with Crippen LogP contribution in [-0.2, 0) is 0 Å². The highest BCUT2D eigenvalue weighted by Gasteiger charge is 2.26. The molecule has 1 unspecified atom stereocenters. The zero-order valence-electron chi connectivity index (χ0n) is 29.8. The van der Waals surface area contributed by atoms with Crippen LogP contribution < -0.4 is 4.90 Å². The molecule has 8 aromatic carbocycles. The van der Waals surface area contributed by atoms with Crippen molar-refractivity contribution in [3.05, 3.63) is 212 Å². The van der Waals surface area contributed by atoms with Crippen molar-refractivity contribution in [2.75, 3.05) is 4.90 Å². The highest BCUT2D eigenvalue weighted by Crippen LogP contribution is 2.46. The van der Waals surface area contributed by atoms with Crippen LogP contribution in [0, 0.1) is 0 Å². The van der Waals surface area contributed by atoms with Gasteiger partial charge in [-0.3, -0.25) is 0 Å². The van der Waals surface area contributed by atoms with Gasteiger partial charge in [0.1, 0.15) is 11.2 Å². The van der Waals surface area contributed by atoms with Gasteiger partial charge in [0.25, 0.3) is 0 Å². The number of anilines is 2. The van der Waals surface area contributed by atoms with Gasteiger partial charge in [0, 0.05) is 27.4 Å². The molecule has 0 amide bonds. The van der Waals surface area contributed by atoms with Crippen LogP contribution in [-0.4, -0.2) is 6.04 Å². The van der Waals surface area contributed by atoms with Crippen molar-refractivity contribution < 1.29 is 4.42 Å². The van der Waals surface area contributed by atoms with Gasteiger partial charge in [-0.05, 0) is 81.1 Å². The molecule has 0 aliphatic heterocycles. The van der Waals surface area contributed by atoms with E-state index in [1.165, 1.54) is 38.8 Å². The van der Waals surface area contributed by atoms with Crippen molar-refractivity contribution in [2.45, 2.75) is 12.5 Å².